The first-order valence-electron chi connectivity index (χ1n) is 10.7. The molecule has 0 unspecified atom stereocenters. The number of nitrogens with one attached hydrogen (secondary N) is 1. The Kier molecular flexibility index (Phi) is 5.50. The van der Waals surface area contributed by atoms with E-state index >= 15 is 0 Å². The topological polar surface area (TPSA) is 43.5 Å². The summed E-state index contributed by atoms with van der Waals surface area (Å²) in [6.45, 7) is 0. The second kappa shape index (κ2) is 8.90. The van der Waals surface area contributed by atoms with Gasteiger partial charge in [-0.1, -0.05) is 60.7 Å². The first-order valence-corrected chi connectivity index (χ1v) is 10.7. The molecule has 3 aromatic carbocycles. The molecule has 2 aliphatic rings. The van der Waals surface area contributed by atoms with Crippen LogP contribution in [0.1, 0.15) is 24.0 Å². The van der Waals surface area contributed by atoms with Crippen LogP contribution in [-0.2, 0) is 9.63 Å². The third-order valence-corrected chi connectivity index (χ3v) is 5.55. The fourth-order valence-corrected chi connectivity index (χ4v) is 3.98. The Morgan fingerprint density at radius 1 is 0.844 bits per heavy atom. The van der Waals surface area contributed by atoms with Gasteiger partial charge < -0.3 is 4.90 Å². The van der Waals surface area contributed by atoms with E-state index in [1.165, 1.54) is 5.70 Å². The molecule has 1 heterocycles. The van der Waals surface area contributed by atoms with Crippen molar-refractivity contribution in [1.82, 2.24) is 0 Å². The lowest BCUT2D eigenvalue weighted by molar-refractivity contribution is -0.716. The molecule has 1 aliphatic carbocycles. The van der Waals surface area contributed by atoms with Crippen LogP contribution in [0.3, 0.4) is 0 Å². The number of nitrogens with zero attached hydrogens (tertiary/aromatic N) is 1. The minimum atomic E-state index is -0.377. The number of hydrogen-bond donors (Lipinski definition) is 1. The highest BCUT2D eigenvalue weighted by Crippen LogP contribution is 2.33. The zero-order valence-electron chi connectivity index (χ0n) is 17.6. The number of rotatable bonds is 5. The van der Waals surface area contributed by atoms with E-state index in [4.69, 9.17) is 4.84 Å². The molecular weight excluding hydrogens is 396 g/mol. The molecule has 1 N–H and O–H groups in total. The molecule has 0 radical (unpaired) electrons. The third kappa shape index (κ3) is 4.03. The van der Waals surface area contributed by atoms with Crippen LogP contribution in [0.4, 0.5) is 11.4 Å². The number of carbonyl (C=O) groups is 1. The molecule has 3 aromatic rings. The molecule has 0 spiro atoms. The maximum atomic E-state index is 12.3. The monoisotopic (exact) mass is 419 g/mol. The van der Waals surface area contributed by atoms with Gasteiger partial charge >= 0.3 is 5.97 Å². The van der Waals surface area contributed by atoms with Crippen LogP contribution < -0.4 is 10.1 Å². The van der Waals surface area contributed by atoms with Crippen LogP contribution in [-0.4, -0.2) is 11.7 Å². The van der Waals surface area contributed by atoms with Gasteiger partial charge in [0.1, 0.15) is 5.57 Å². The molecule has 4 heteroatoms. The number of benzene rings is 3. The largest absolute Gasteiger partial charge is 0.417 e. The molecule has 0 aromatic heterocycles. The van der Waals surface area contributed by atoms with E-state index in [9.17, 15) is 4.79 Å². The first-order chi connectivity index (χ1) is 15.8. The Balaban J connectivity index is 1.47. The fraction of sp³-hybridized carbons (Fsp3) is 0.0714. The van der Waals surface area contributed by atoms with E-state index in [1.807, 2.05) is 54.6 Å². The van der Waals surface area contributed by atoms with Crippen molar-refractivity contribution >= 4 is 29.1 Å². The zero-order chi connectivity index (χ0) is 21.8. The van der Waals surface area contributed by atoms with Gasteiger partial charge in [0.15, 0.2) is 0 Å². The zero-order valence-corrected chi connectivity index (χ0v) is 17.6. The molecule has 0 saturated carbocycles. The lowest BCUT2D eigenvalue weighted by Gasteiger charge is -2.29. The molecule has 1 aliphatic heterocycles. The van der Waals surface area contributed by atoms with Crippen molar-refractivity contribution in [2.75, 3.05) is 4.90 Å². The Bertz CT molecular complexity index is 1240. The van der Waals surface area contributed by atoms with Gasteiger partial charge in [-0.2, -0.15) is 4.84 Å². The fourth-order valence-electron chi connectivity index (χ4n) is 3.98. The Hall–Kier alpha value is -4.18. The number of hydrogen-bond acceptors (Lipinski definition) is 3. The van der Waals surface area contributed by atoms with Gasteiger partial charge in [-0.15, -0.1) is 0 Å². The number of allylic oxidation sites excluding steroid dienone is 4. The van der Waals surface area contributed by atoms with Gasteiger partial charge in [-0.25, -0.2) is 4.79 Å². The molecular formula is C28H23N2O2+. The molecule has 4 nitrogen and oxygen atoms in total. The van der Waals surface area contributed by atoms with Crippen LogP contribution in [0.25, 0.3) is 6.08 Å². The second-order valence-electron chi connectivity index (χ2n) is 7.68. The lowest BCUT2D eigenvalue weighted by Crippen LogP contribution is -2.68. The summed E-state index contributed by atoms with van der Waals surface area (Å²) in [5, 5.41) is 2.76. The summed E-state index contributed by atoms with van der Waals surface area (Å²) in [5.74, 6) is -0.377. The molecule has 0 atom stereocenters. The highest BCUT2D eigenvalue weighted by molar-refractivity contribution is 6.28. The molecule has 0 amide bonds. The number of carbonyl (C=O) groups excluding carboxylic acids is 1. The molecule has 0 saturated heterocycles. The van der Waals surface area contributed by atoms with E-state index in [0.717, 1.165) is 35.3 Å². The third-order valence-electron chi connectivity index (χ3n) is 5.55. The van der Waals surface area contributed by atoms with Crippen LogP contribution in [0.5, 0.6) is 0 Å². The van der Waals surface area contributed by atoms with E-state index in [-0.39, 0.29) is 5.97 Å². The van der Waals surface area contributed by atoms with E-state index in [0.29, 0.717) is 11.3 Å². The smallest absolute Gasteiger partial charge is 0.314 e. The molecule has 32 heavy (non-hydrogen) atoms. The van der Waals surface area contributed by atoms with Gasteiger partial charge in [0.2, 0.25) is 0 Å². The summed E-state index contributed by atoms with van der Waals surface area (Å²) in [5.41, 5.74) is 6.52. The average Bonchev–Trinajstić information content (AvgIpc) is 3.22. The maximum absolute atomic E-state index is 12.3. The van der Waals surface area contributed by atoms with Crippen LogP contribution in [0, 0.1) is 0 Å². The van der Waals surface area contributed by atoms with Gasteiger partial charge in [-0.3, -0.25) is 0 Å². The SMILES string of the molecule is O=C1O[NH+]=C(c2ccccc2)C1=Cc1ccc(N(C2=CC=CCC2)c2ccccc2)cc1. The standard InChI is InChI=1S/C28H22N2O2/c31-28-26(27(29-32-28)22-10-4-1-5-11-22)20-21-16-18-25(19-17-21)30(23-12-6-2-7-13-23)24-14-8-3-9-15-24/h1-8,10-14,16-20H,9,15H2/p+1. The second-order valence-corrected chi connectivity index (χ2v) is 7.68. The predicted molar refractivity (Wildman–Crippen MR) is 127 cm³/mol. The predicted octanol–water partition coefficient (Wildman–Crippen LogP) is 4.48. The summed E-state index contributed by atoms with van der Waals surface area (Å²) in [7, 11) is 0. The van der Waals surface area contributed by atoms with Crippen LogP contribution >= 0.6 is 0 Å². The van der Waals surface area contributed by atoms with E-state index in [2.05, 4.69) is 64.7 Å². The normalized spacial score (nSPS) is 16.5. The van der Waals surface area contributed by atoms with Gasteiger partial charge in [0.05, 0.1) is 5.56 Å². The van der Waals surface area contributed by atoms with Crippen molar-refractivity contribution < 1.29 is 14.8 Å². The van der Waals surface area contributed by atoms with Crippen molar-refractivity contribution in [3.63, 3.8) is 0 Å². The van der Waals surface area contributed by atoms with Crippen molar-refractivity contribution in [1.29, 1.82) is 0 Å². The minimum Gasteiger partial charge on any atom is -0.314 e. The Morgan fingerprint density at radius 3 is 2.22 bits per heavy atom. The summed E-state index contributed by atoms with van der Waals surface area (Å²) in [4.78, 5) is 19.7. The first kappa shape index (κ1) is 19.8. The molecule has 156 valence electrons. The maximum Gasteiger partial charge on any atom is 0.417 e. The van der Waals surface area contributed by atoms with Crippen molar-refractivity contribution in [2.24, 2.45) is 0 Å². The van der Waals surface area contributed by atoms with Gasteiger partial charge in [0.25, 0.3) is 5.71 Å². The summed E-state index contributed by atoms with van der Waals surface area (Å²) in [6, 6.07) is 28.4. The van der Waals surface area contributed by atoms with E-state index in [1.54, 1.807) is 0 Å². The number of anilines is 2. The summed E-state index contributed by atoms with van der Waals surface area (Å²) < 4.78 is 0. The Labute approximate surface area is 187 Å². The van der Waals surface area contributed by atoms with Gasteiger partial charge in [-0.05, 0) is 72.1 Å². The lowest BCUT2D eigenvalue weighted by atomic mass is 10.0. The quantitative estimate of drug-likeness (QED) is 0.490. The summed E-state index contributed by atoms with van der Waals surface area (Å²) >= 11 is 0. The molecule has 0 bridgehead atoms. The van der Waals surface area contributed by atoms with Gasteiger partial charge in [0, 0.05) is 17.1 Å². The highest BCUT2D eigenvalue weighted by atomic mass is 16.7. The van der Waals surface area contributed by atoms with E-state index < -0.39 is 0 Å². The van der Waals surface area contributed by atoms with Crippen molar-refractivity contribution in [2.45, 2.75) is 12.8 Å². The number of para-hydroxylation sites is 1. The van der Waals surface area contributed by atoms with Crippen LogP contribution in [0.15, 0.2) is 114 Å². The summed E-state index contributed by atoms with van der Waals surface area (Å²) in [6.07, 6.45) is 10.4. The Morgan fingerprint density at radius 2 is 1.53 bits per heavy atom. The molecule has 0 fully saturated rings. The highest BCUT2D eigenvalue weighted by Gasteiger charge is 2.33. The van der Waals surface area contributed by atoms with Crippen molar-refractivity contribution in [3.05, 3.63) is 126 Å². The van der Waals surface area contributed by atoms with Crippen molar-refractivity contribution in [3.8, 4) is 0 Å². The minimum absolute atomic E-state index is 0.377. The average molecular weight is 420 g/mol. The molecule has 5 rings (SSSR count). The van der Waals surface area contributed by atoms with Crippen LogP contribution in [0.2, 0.25) is 0 Å².